The van der Waals surface area contributed by atoms with Crippen LogP contribution in [0.25, 0.3) is 22.3 Å². The van der Waals surface area contributed by atoms with E-state index < -0.39 is 0 Å². The van der Waals surface area contributed by atoms with Gasteiger partial charge in [-0.1, -0.05) is 6.07 Å². The minimum Gasteiger partial charge on any atom is -0.392 e. The van der Waals surface area contributed by atoms with E-state index in [1.165, 1.54) is 0 Å². The van der Waals surface area contributed by atoms with Crippen LogP contribution in [0.4, 0.5) is 0 Å². The van der Waals surface area contributed by atoms with E-state index in [9.17, 15) is 0 Å². The molecule has 2 aromatic heterocycles. The van der Waals surface area contributed by atoms with Crippen LogP contribution in [0.5, 0.6) is 0 Å². The van der Waals surface area contributed by atoms with Crippen molar-refractivity contribution in [3.63, 3.8) is 0 Å². The lowest BCUT2D eigenvalue weighted by atomic mass is 10.1. The van der Waals surface area contributed by atoms with Crippen LogP contribution in [0.2, 0.25) is 0 Å². The summed E-state index contributed by atoms with van der Waals surface area (Å²) in [6.07, 6.45) is 3.51. The first kappa shape index (κ1) is 10.9. The van der Waals surface area contributed by atoms with Gasteiger partial charge in [0.05, 0.1) is 29.7 Å². The average molecular weight is 239 g/mol. The molecule has 0 spiro atoms. The summed E-state index contributed by atoms with van der Waals surface area (Å²) in [5, 5.41) is 9.14. The van der Waals surface area contributed by atoms with Gasteiger partial charge in [-0.25, -0.2) is 4.98 Å². The summed E-state index contributed by atoms with van der Waals surface area (Å²) in [4.78, 5) is 8.66. The number of rotatable bonds is 2. The van der Waals surface area contributed by atoms with Crippen molar-refractivity contribution in [2.45, 2.75) is 6.61 Å². The molecule has 3 aromatic rings. The second-order valence-electron chi connectivity index (χ2n) is 4.27. The monoisotopic (exact) mass is 239 g/mol. The van der Waals surface area contributed by atoms with E-state index in [4.69, 9.17) is 5.11 Å². The summed E-state index contributed by atoms with van der Waals surface area (Å²) in [6.45, 7) is 0.0291. The van der Waals surface area contributed by atoms with E-state index in [0.717, 1.165) is 27.9 Å². The molecule has 4 heteroatoms. The largest absolute Gasteiger partial charge is 0.392 e. The lowest BCUT2D eigenvalue weighted by Gasteiger charge is -2.03. The molecule has 1 aromatic carbocycles. The number of aromatic nitrogens is 3. The highest BCUT2D eigenvalue weighted by Gasteiger charge is 2.04. The van der Waals surface area contributed by atoms with Crippen LogP contribution in [0.3, 0.4) is 0 Å². The van der Waals surface area contributed by atoms with Crippen LogP contribution in [0.15, 0.2) is 42.9 Å². The molecule has 0 amide bonds. The standard InChI is InChI=1S/C14H13N3O/c1-17-9-16-13-7-11(2-3-14(13)17)12-6-10(8-18)4-5-15-12/h2-7,9,18H,8H2,1H3. The SMILES string of the molecule is Cn1cnc2cc(-c3cc(CO)ccn3)ccc21. The van der Waals surface area contributed by atoms with Gasteiger partial charge in [-0.3, -0.25) is 4.98 Å². The van der Waals surface area contributed by atoms with Gasteiger partial charge in [0.15, 0.2) is 0 Å². The second-order valence-corrected chi connectivity index (χ2v) is 4.27. The number of hydrogen-bond acceptors (Lipinski definition) is 3. The quantitative estimate of drug-likeness (QED) is 0.745. The third-order valence-corrected chi connectivity index (χ3v) is 3.03. The predicted molar refractivity (Wildman–Crippen MR) is 69.9 cm³/mol. The Kier molecular flexibility index (Phi) is 2.57. The van der Waals surface area contributed by atoms with Crippen molar-refractivity contribution in [3.8, 4) is 11.3 Å². The maximum absolute atomic E-state index is 9.14. The van der Waals surface area contributed by atoms with Crippen LogP contribution in [-0.2, 0) is 13.7 Å². The van der Waals surface area contributed by atoms with Crippen molar-refractivity contribution in [1.82, 2.24) is 14.5 Å². The number of hydrogen-bond donors (Lipinski definition) is 1. The van der Waals surface area contributed by atoms with Crippen LogP contribution >= 0.6 is 0 Å². The lowest BCUT2D eigenvalue weighted by molar-refractivity contribution is 0.282. The van der Waals surface area contributed by atoms with E-state index in [1.54, 1.807) is 12.5 Å². The maximum atomic E-state index is 9.14. The number of fused-ring (bicyclic) bond motifs is 1. The molecule has 0 unspecified atom stereocenters. The summed E-state index contributed by atoms with van der Waals surface area (Å²) in [6, 6.07) is 9.77. The zero-order chi connectivity index (χ0) is 12.5. The number of pyridine rings is 1. The fraction of sp³-hybridized carbons (Fsp3) is 0.143. The number of aliphatic hydroxyl groups excluding tert-OH is 1. The molecule has 3 rings (SSSR count). The van der Waals surface area contributed by atoms with Gasteiger partial charge < -0.3 is 9.67 Å². The van der Waals surface area contributed by atoms with E-state index in [1.807, 2.05) is 41.9 Å². The molecule has 4 nitrogen and oxygen atoms in total. The van der Waals surface area contributed by atoms with Crippen molar-refractivity contribution in [3.05, 3.63) is 48.4 Å². The number of aryl methyl sites for hydroxylation is 1. The molecule has 0 aliphatic heterocycles. The minimum atomic E-state index is 0.0291. The number of benzene rings is 1. The Morgan fingerprint density at radius 2 is 2.06 bits per heavy atom. The summed E-state index contributed by atoms with van der Waals surface area (Å²) < 4.78 is 1.98. The van der Waals surface area contributed by atoms with Gasteiger partial charge in [0, 0.05) is 18.8 Å². The normalized spacial score (nSPS) is 11.0. The Bertz CT molecular complexity index is 703. The molecule has 18 heavy (non-hydrogen) atoms. The van der Waals surface area contributed by atoms with Crippen molar-refractivity contribution < 1.29 is 5.11 Å². The molecule has 0 saturated heterocycles. The Morgan fingerprint density at radius 1 is 1.17 bits per heavy atom. The van der Waals surface area contributed by atoms with Crippen LogP contribution in [0, 0.1) is 0 Å². The zero-order valence-corrected chi connectivity index (χ0v) is 10.0. The van der Waals surface area contributed by atoms with Gasteiger partial charge in [0.1, 0.15) is 0 Å². The summed E-state index contributed by atoms with van der Waals surface area (Å²) >= 11 is 0. The first-order valence-corrected chi connectivity index (χ1v) is 5.75. The van der Waals surface area contributed by atoms with Gasteiger partial charge in [-0.2, -0.15) is 0 Å². The molecule has 0 bridgehead atoms. The molecule has 90 valence electrons. The van der Waals surface area contributed by atoms with Gasteiger partial charge in [0.2, 0.25) is 0 Å². The first-order chi connectivity index (χ1) is 8.78. The third kappa shape index (κ3) is 1.76. The van der Waals surface area contributed by atoms with Gasteiger partial charge >= 0.3 is 0 Å². The third-order valence-electron chi connectivity index (χ3n) is 3.03. The van der Waals surface area contributed by atoms with Crippen LogP contribution < -0.4 is 0 Å². The lowest BCUT2D eigenvalue weighted by Crippen LogP contribution is -1.89. The first-order valence-electron chi connectivity index (χ1n) is 5.75. The van der Waals surface area contributed by atoms with Gasteiger partial charge in [-0.15, -0.1) is 0 Å². The second kappa shape index (κ2) is 4.23. The molecule has 0 aliphatic carbocycles. The molecule has 0 aliphatic rings. The van der Waals surface area contributed by atoms with Gasteiger partial charge in [-0.05, 0) is 29.8 Å². The molecule has 1 N–H and O–H groups in total. The van der Waals surface area contributed by atoms with Crippen LogP contribution in [0.1, 0.15) is 5.56 Å². The van der Waals surface area contributed by atoms with Crippen molar-refractivity contribution in [2.75, 3.05) is 0 Å². The van der Waals surface area contributed by atoms with Gasteiger partial charge in [0.25, 0.3) is 0 Å². The fourth-order valence-corrected chi connectivity index (χ4v) is 2.03. The van der Waals surface area contributed by atoms with Crippen molar-refractivity contribution in [1.29, 1.82) is 0 Å². The Labute approximate surface area is 105 Å². The molecule has 0 atom stereocenters. The predicted octanol–water partition coefficient (Wildman–Crippen LogP) is 2.13. The van der Waals surface area contributed by atoms with E-state index in [0.29, 0.717) is 0 Å². The smallest absolute Gasteiger partial charge is 0.0955 e. The Hall–Kier alpha value is -2.20. The highest BCUT2D eigenvalue weighted by Crippen LogP contribution is 2.22. The van der Waals surface area contributed by atoms with E-state index in [-0.39, 0.29) is 6.61 Å². The molecule has 0 saturated carbocycles. The summed E-state index contributed by atoms with van der Waals surface area (Å²) in [5.41, 5.74) is 4.77. The van der Waals surface area contributed by atoms with E-state index >= 15 is 0 Å². The molecule has 2 heterocycles. The fourth-order valence-electron chi connectivity index (χ4n) is 2.03. The molecule has 0 radical (unpaired) electrons. The Balaban J connectivity index is 2.13. The maximum Gasteiger partial charge on any atom is 0.0955 e. The van der Waals surface area contributed by atoms with Crippen molar-refractivity contribution in [2.24, 2.45) is 7.05 Å². The van der Waals surface area contributed by atoms with Crippen LogP contribution in [-0.4, -0.2) is 19.6 Å². The highest BCUT2D eigenvalue weighted by molar-refractivity contribution is 5.81. The highest BCUT2D eigenvalue weighted by atomic mass is 16.3. The number of aliphatic hydroxyl groups is 1. The minimum absolute atomic E-state index is 0.0291. The van der Waals surface area contributed by atoms with E-state index in [2.05, 4.69) is 9.97 Å². The topological polar surface area (TPSA) is 50.9 Å². The summed E-state index contributed by atoms with van der Waals surface area (Å²) in [5.74, 6) is 0. The molecular weight excluding hydrogens is 226 g/mol. The zero-order valence-electron chi connectivity index (χ0n) is 10.0. The summed E-state index contributed by atoms with van der Waals surface area (Å²) in [7, 11) is 1.97. The number of imidazole rings is 1. The molecule has 0 fully saturated rings. The van der Waals surface area contributed by atoms with Crippen molar-refractivity contribution >= 4 is 11.0 Å². The molecular formula is C14H13N3O. The Morgan fingerprint density at radius 3 is 2.89 bits per heavy atom. The average Bonchev–Trinajstić information content (AvgIpc) is 2.80. The number of nitrogens with zero attached hydrogens (tertiary/aromatic N) is 3.